The van der Waals surface area contributed by atoms with E-state index in [-0.39, 0.29) is 34.0 Å². The van der Waals surface area contributed by atoms with Gasteiger partial charge in [0.2, 0.25) is 11.0 Å². The van der Waals surface area contributed by atoms with Gasteiger partial charge in [-0.15, -0.1) is 0 Å². The molecule has 0 bridgehead atoms. The predicted molar refractivity (Wildman–Crippen MR) is 171 cm³/mol. The first-order valence-corrected chi connectivity index (χ1v) is 14.5. The fourth-order valence-corrected chi connectivity index (χ4v) is 5.39. The van der Waals surface area contributed by atoms with Crippen LogP contribution in [0.2, 0.25) is 0 Å². The van der Waals surface area contributed by atoms with E-state index >= 15 is 0 Å². The van der Waals surface area contributed by atoms with Crippen LogP contribution in [0.15, 0.2) is 102 Å². The molecule has 0 heterocycles. The van der Waals surface area contributed by atoms with Crippen LogP contribution in [0.4, 0.5) is 22.7 Å². The number of thioether (sulfide) groups is 1. The quantitative estimate of drug-likeness (QED) is 0.172. The van der Waals surface area contributed by atoms with Crippen molar-refractivity contribution < 1.29 is 14.7 Å². The highest BCUT2D eigenvalue weighted by atomic mass is 32.2. The topological polar surface area (TPSA) is 69.6 Å². The molecular formula is C35H38N2O3S. The Morgan fingerprint density at radius 3 is 1.68 bits per heavy atom. The highest BCUT2D eigenvalue weighted by molar-refractivity contribution is 8.13. The lowest BCUT2D eigenvalue weighted by atomic mass is 9.79. The number of nitrogens with one attached hydrogen (secondary N) is 1. The van der Waals surface area contributed by atoms with Crippen molar-refractivity contribution >= 4 is 45.5 Å². The molecule has 0 unspecified atom stereocenters. The highest BCUT2D eigenvalue weighted by Gasteiger charge is 2.28. The van der Waals surface area contributed by atoms with Gasteiger partial charge in [0.1, 0.15) is 5.75 Å². The molecule has 0 aliphatic rings. The minimum absolute atomic E-state index is 0.260. The van der Waals surface area contributed by atoms with E-state index in [0.717, 1.165) is 39.2 Å². The molecule has 0 fully saturated rings. The molecule has 41 heavy (non-hydrogen) atoms. The number of carbonyl (C=O) groups is 2. The van der Waals surface area contributed by atoms with Crippen LogP contribution >= 0.6 is 11.8 Å². The first-order valence-electron chi connectivity index (χ1n) is 13.7. The maximum atomic E-state index is 13.7. The molecule has 0 saturated carbocycles. The van der Waals surface area contributed by atoms with E-state index in [1.54, 1.807) is 4.90 Å². The number of amides is 1. The number of nitrogens with zero attached hydrogens (tertiary/aromatic N) is 1. The van der Waals surface area contributed by atoms with Gasteiger partial charge in [0.15, 0.2) is 0 Å². The fraction of sp³-hybridized carbons (Fsp3) is 0.257. The SMILES string of the molecule is CC(C)(C)c1cc(SC(=O)CC(=O)N(c2ccccc2)c2ccc(Nc3ccccc3)cc2)cc(C(C)(C)C)c1O. The Morgan fingerprint density at radius 1 is 0.707 bits per heavy atom. The van der Waals surface area contributed by atoms with Crippen LogP contribution in [0.25, 0.3) is 0 Å². The normalized spacial score (nSPS) is 11.7. The van der Waals surface area contributed by atoms with E-state index in [1.165, 1.54) is 0 Å². The van der Waals surface area contributed by atoms with Crippen LogP contribution in [0.3, 0.4) is 0 Å². The molecule has 4 rings (SSSR count). The van der Waals surface area contributed by atoms with Gasteiger partial charge >= 0.3 is 0 Å². The third-order valence-electron chi connectivity index (χ3n) is 6.68. The summed E-state index contributed by atoms with van der Waals surface area (Å²) in [5, 5.41) is 14.1. The van der Waals surface area contributed by atoms with Crippen LogP contribution in [-0.4, -0.2) is 16.1 Å². The smallest absolute Gasteiger partial charge is 0.239 e. The second kappa shape index (κ2) is 12.2. The summed E-state index contributed by atoms with van der Waals surface area (Å²) in [6.45, 7) is 12.2. The van der Waals surface area contributed by atoms with Crippen molar-refractivity contribution in [3.8, 4) is 5.75 Å². The Labute approximate surface area is 247 Å². The number of phenolic OH excluding ortho intramolecular Hbond substituents is 1. The van der Waals surface area contributed by atoms with Crippen molar-refractivity contribution in [2.75, 3.05) is 10.2 Å². The molecular weight excluding hydrogens is 528 g/mol. The van der Waals surface area contributed by atoms with Crippen LogP contribution < -0.4 is 10.2 Å². The summed E-state index contributed by atoms with van der Waals surface area (Å²) in [5.74, 6) is -0.0540. The first-order chi connectivity index (χ1) is 19.3. The number of benzene rings is 4. The van der Waals surface area contributed by atoms with Gasteiger partial charge in [-0.3, -0.25) is 14.5 Å². The lowest BCUT2D eigenvalue weighted by Crippen LogP contribution is -2.27. The molecule has 6 heteroatoms. The number of para-hydroxylation sites is 2. The average Bonchev–Trinajstić information content (AvgIpc) is 2.90. The second-order valence-electron chi connectivity index (χ2n) is 12.1. The van der Waals surface area contributed by atoms with Gasteiger partial charge in [0, 0.05) is 38.8 Å². The van der Waals surface area contributed by atoms with E-state index in [9.17, 15) is 14.7 Å². The van der Waals surface area contributed by atoms with Gasteiger partial charge < -0.3 is 10.4 Å². The molecule has 5 nitrogen and oxygen atoms in total. The Morgan fingerprint density at radius 2 is 1.17 bits per heavy atom. The third-order valence-corrected chi connectivity index (χ3v) is 7.52. The van der Waals surface area contributed by atoms with E-state index in [1.807, 2.05) is 139 Å². The maximum absolute atomic E-state index is 13.7. The van der Waals surface area contributed by atoms with E-state index in [0.29, 0.717) is 11.4 Å². The summed E-state index contributed by atoms with van der Waals surface area (Å²) in [7, 11) is 0. The number of phenols is 1. The molecule has 212 valence electrons. The lowest BCUT2D eigenvalue weighted by molar-refractivity contribution is -0.122. The summed E-state index contributed by atoms with van der Waals surface area (Å²) in [4.78, 5) is 29.3. The molecule has 0 spiro atoms. The van der Waals surface area contributed by atoms with Crippen molar-refractivity contribution in [1.82, 2.24) is 0 Å². The van der Waals surface area contributed by atoms with Crippen molar-refractivity contribution in [3.63, 3.8) is 0 Å². The van der Waals surface area contributed by atoms with Crippen molar-refractivity contribution in [2.24, 2.45) is 0 Å². The van der Waals surface area contributed by atoms with Gasteiger partial charge in [-0.05, 0) is 71.5 Å². The van der Waals surface area contributed by atoms with Gasteiger partial charge in [0.25, 0.3) is 0 Å². The van der Waals surface area contributed by atoms with Gasteiger partial charge in [-0.25, -0.2) is 0 Å². The molecule has 0 aliphatic heterocycles. The Bertz CT molecular complexity index is 1470. The van der Waals surface area contributed by atoms with Gasteiger partial charge in [-0.2, -0.15) is 0 Å². The number of hydrogen-bond acceptors (Lipinski definition) is 5. The van der Waals surface area contributed by atoms with Crippen LogP contribution in [0.5, 0.6) is 5.75 Å². The standard InChI is InChI=1S/C35H38N2O3S/c1-34(2,3)29-21-28(22-30(33(29)40)35(4,5)6)41-32(39)23-31(38)37(26-15-11-8-12-16-26)27-19-17-25(18-20-27)36-24-13-9-7-10-14-24/h7-22,36,40H,23H2,1-6H3. The largest absolute Gasteiger partial charge is 0.507 e. The minimum atomic E-state index is -0.316. The van der Waals surface area contributed by atoms with Crippen molar-refractivity contribution in [3.05, 3.63) is 108 Å². The van der Waals surface area contributed by atoms with E-state index in [2.05, 4.69) is 5.32 Å². The fourth-order valence-electron chi connectivity index (χ4n) is 4.58. The molecule has 2 N–H and O–H groups in total. The van der Waals surface area contributed by atoms with Crippen LogP contribution in [0, 0.1) is 0 Å². The Hall–Kier alpha value is -4.03. The molecule has 0 atom stereocenters. The molecule has 1 amide bonds. The van der Waals surface area contributed by atoms with Gasteiger partial charge in [-0.1, -0.05) is 89.7 Å². The van der Waals surface area contributed by atoms with E-state index in [4.69, 9.17) is 0 Å². The van der Waals surface area contributed by atoms with Crippen molar-refractivity contribution in [2.45, 2.75) is 63.7 Å². The Balaban J connectivity index is 1.58. The lowest BCUT2D eigenvalue weighted by Gasteiger charge is -2.28. The summed E-state index contributed by atoms with van der Waals surface area (Å²) < 4.78 is 0. The monoisotopic (exact) mass is 566 g/mol. The average molecular weight is 567 g/mol. The number of hydrogen-bond donors (Lipinski definition) is 2. The maximum Gasteiger partial charge on any atom is 0.239 e. The van der Waals surface area contributed by atoms with Crippen LogP contribution in [0.1, 0.15) is 59.1 Å². The van der Waals surface area contributed by atoms with Crippen molar-refractivity contribution in [1.29, 1.82) is 0 Å². The second-order valence-corrected chi connectivity index (χ2v) is 13.3. The number of carbonyl (C=O) groups excluding carboxylic acids is 2. The first kappa shape index (κ1) is 29.9. The predicted octanol–water partition coefficient (Wildman–Crippen LogP) is 9.10. The highest BCUT2D eigenvalue weighted by Crippen LogP contribution is 2.42. The molecule has 4 aromatic rings. The molecule has 0 aromatic heterocycles. The molecule has 0 radical (unpaired) electrons. The van der Waals surface area contributed by atoms with E-state index < -0.39 is 0 Å². The summed E-state index contributed by atoms with van der Waals surface area (Å²) in [6.07, 6.45) is -0.278. The van der Waals surface area contributed by atoms with Crippen LogP contribution in [-0.2, 0) is 20.4 Å². The zero-order chi connectivity index (χ0) is 29.8. The molecule has 0 aliphatic carbocycles. The zero-order valence-corrected chi connectivity index (χ0v) is 25.4. The molecule has 4 aromatic carbocycles. The number of rotatable bonds is 7. The number of aromatic hydroxyl groups is 1. The Kier molecular flexibility index (Phi) is 8.93. The summed E-state index contributed by atoms with van der Waals surface area (Å²) in [6, 6.07) is 30.5. The van der Waals surface area contributed by atoms with Gasteiger partial charge in [0.05, 0.1) is 6.42 Å². The molecule has 0 saturated heterocycles. The summed E-state index contributed by atoms with van der Waals surface area (Å²) >= 11 is 1.05. The third kappa shape index (κ3) is 7.59. The summed E-state index contributed by atoms with van der Waals surface area (Å²) in [5.41, 5.74) is 4.15. The number of anilines is 4. The minimum Gasteiger partial charge on any atom is -0.507 e. The zero-order valence-electron chi connectivity index (χ0n) is 24.6.